The molecule has 3 rings (SSSR count). The van der Waals surface area contributed by atoms with Crippen LogP contribution in [0.1, 0.15) is 40.2 Å². The average Bonchev–Trinajstić information content (AvgIpc) is 3.27. The fourth-order valence-electron chi connectivity index (χ4n) is 2.81. The molecule has 1 fully saturated rings. The maximum Gasteiger partial charge on any atom is 0.291 e. The minimum Gasteiger partial charge on any atom is -0.459 e. The molecule has 0 bridgehead atoms. The third-order valence-corrected chi connectivity index (χ3v) is 4.95. The molecule has 0 aliphatic carbocycles. The number of hydrogen-bond acceptors (Lipinski definition) is 5. The van der Waals surface area contributed by atoms with Crippen LogP contribution in [0.15, 0.2) is 34.3 Å². The molecule has 1 aliphatic heterocycles. The second kappa shape index (κ2) is 9.60. The standard InChI is InChI=1S/C17H21N3O3S.ClH/c21-15(19-8-5-12-3-1-7-18-11-12)13-6-10-24-17(13)20-16(22)14-4-2-9-23-14;/h2,4,6,9-10,12,18H,1,3,5,7-8,11H2,(H,19,21)(H,20,22);1H. The van der Waals surface area contributed by atoms with Gasteiger partial charge in [-0.25, -0.2) is 0 Å². The van der Waals surface area contributed by atoms with E-state index >= 15 is 0 Å². The molecule has 1 saturated heterocycles. The van der Waals surface area contributed by atoms with E-state index in [2.05, 4.69) is 16.0 Å². The predicted molar refractivity (Wildman–Crippen MR) is 101 cm³/mol. The van der Waals surface area contributed by atoms with Crippen LogP contribution < -0.4 is 16.0 Å². The Bertz CT molecular complexity index is 681. The van der Waals surface area contributed by atoms with E-state index < -0.39 is 0 Å². The summed E-state index contributed by atoms with van der Waals surface area (Å²) in [4.78, 5) is 24.4. The van der Waals surface area contributed by atoms with E-state index in [4.69, 9.17) is 4.42 Å². The Morgan fingerprint density at radius 1 is 1.32 bits per heavy atom. The molecule has 0 spiro atoms. The lowest BCUT2D eigenvalue weighted by Crippen LogP contribution is -2.33. The molecular formula is C17H22ClN3O3S. The molecule has 8 heteroatoms. The third kappa shape index (κ3) is 5.32. The second-order valence-electron chi connectivity index (χ2n) is 5.85. The van der Waals surface area contributed by atoms with E-state index in [9.17, 15) is 9.59 Å². The number of nitrogens with one attached hydrogen (secondary N) is 3. The molecule has 0 radical (unpaired) electrons. The van der Waals surface area contributed by atoms with Crippen LogP contribution in [-0.4, -0.2) is 31.4 Å². The minimum atomic E-state index is -0.357. The average molecular weight is 384 g/mol. The molecule has 2 aromatic heterocycles. The van der Waals surface area contributed by atoms with Crippen molar-refractivity contribution in [3.63, 3.8) is 0 Å². The number of halogens is 1. The van der Waals surface area contributed by atoms with Gasteiger partial charge in [-0.05, 0) is 61.8 Å². The van der Waals surface area contributed by atoms with Crippen molar-refractivity contribution >= 4 is 40.6 Å². The van der Waals surface area contributed by atoms with Crippen molar-refractivity contribution in [2.24, 2.45) is 5.92 Å². The van der Waals surface area contributed by atoms with E-state index in [1.54, 1.807) is 23.6 Å². The Balaban J connectivity index is 0.00000225. The van der Waals surface area contributed by atoms with Crippen LogP contribution in [0.3, 0.4) is 0 Å². The summed E-state index contributed by atoms with van der Waals surface area (Å²) < 4.78 is 5.06. The van der Waals surface area contributed by atoms with Gasteiger partial charge in [-0.15, -0.1) is 23.7 Å². The van der Waals surface area contributed by atoms with Crippen molar-refractivity contribution in [2.75, 3.05) is 25.0 Å². The first-order valence-corrected chi connectivity index (χ1v) is 9.03. The van der Waals surface area contributed by atoms with Gasteiger partial charge in [-0.3, -0.25) is 9.59 Å². The van der Waals surface area contributed by atoms with Crippen molar-refractivity contribution in [1.29, 1.82) is 0 Å². The summed E-state index contributed by atoms with van der Waals surface area (Å²) in [6.45, 7) is 2.77. The number of piperidine rings is 1. The monoisotopic (exact) mass is 383 g/mol. The lowest BCUT2D eigenvalue weighted by Gasteiger charge is -2.22. The summed E-state index contributed by atoms with van der Waals surface area (Å²) >= 11 is 1.32. The number of amides is 2. The summed E-state index contributed by atoms with van der Waals surface area (Å²) in [5, 5.41) is 11.4. The van der Waals surface area contributed by atoms with Gasteiger partial charge in [0.2, 0.25) is 0 Å². The van der Waals surface area contributed by atoms with Gasteiger partial charge in [-0.1, -0.05) is 0 Å². The first-order chi connectivity index (χ1) is 11.7. The number of hydrogen-bond donors (Lipinski definition) is 3. The van der Waals surface area contributed by atoms with Crippen LogP contribution in [-0.2, 0) is 0 Å². The number of furan rings is 1. The van der Waals surface area contributed by atoms with Crippen LogP contribution in [0.25, 0.3) is 0 Å². The van der Waals surface area contributed by atoms with E-state index in [0.717, 1.165) is 19.5 Å². The Morgan fingerprint density at radius 2 is 2.20 bits per heavy atom. The van der Waals surface area contributed by atoms with Gasteiger partial charge in [0.25, 0.3) is 11.8 Å². The SMILES string of the molecule is Cl.O=C(Nc1sccc1C(=O)NCCC1CCCNC1)c1ccco1. The van der Waals surface area contributed by atoms with Crippen LogP contribution >= 0.6 is 23.7 Å². The summed E-state index contributed by atoms with van der Waals surface area (Å²) in [5.74, 6) is 0.332. The highest BCUT2D eigenvalue weighted by molar-refractivity contribution is 7.14. The quantitative estimate of drug-likeness (QED) is 0.715. The van der Waals surface area contributed by atoms with Gasteiger partial charge in [0, 0.05) is 6.54 Å². The van der Waals surface area contributed by atoms with Crippen LogP contribution in [0.5, 0.6) is 0 Å². The van der Waals surface area contributed by atoms with Gasteiger partial charge < -0.3 is 20.4 Å². The topological polar surface area (TPSA) is 83.4 Å². The van der Waals surface area contributed by atoms with Crippen LogP contribution in [0.4, 0.5) is 5.00 Å². The molecule has 2 amide bonds. The van der Waals surface area contributed by atoms with Gasteiger partial charge in [0.1, 0.15) is 5.00 Å². The van der Waals surface area contributed by atoms with Crippen LogP contribution in [0.2, 0.25) is 0 Å². The zero-order valence-electron chi connectivity index (χ0n) is 13.7. The molecule has 3 heterocycles. The Kier molecular flexibility index (Phi) is 7.49. The molecule has 0 saturated carbocycles. The van der Waals surface area contributed by atoms with Crippen molar-refractivity contribution in [2.45, 2.75) is 19.3 Å². The number of carbonyl (C=O) groups is 2. The Labute approximate surface area is 156 Å². The molecule has 25 heavy (non-hydrogen) atoms. The molecule has 2 aromatic rings. The smallest absolute Gasteiger partial charge is 0.291 e. The van der Waals surface area contributed by atoms with Crippen molar-refractivity contribution in [3.8, 4) is 0 Å². The van der Waals surface area contributed by atoms with E-state index in [0.29, 0.717) is 23.0 Å². The van der Waals surface area contributed by atoms with E-state index in [1.165, 1.54) is 30.4 Å². The zero-order valence-corrected chi connectivity index (χ0v) is 15.4. The molecule has 0 aromatic carbocycles. The molecule has 136 valence electrons. The number of carbonyl (C=O) groups excluding carboxylic acids is 2. The molecule has 1 unspecified atom stereocenters. The van der Waals surface area contributed by atoms with Crippen molar-refractivity contribution in [3.05, 3.63) is 41.2 Å². The number of anilines is 1. The predicted octanol–water partition coefficient (Wildman–Crippen LogP) is 3.13. The molecular weight excluding hydrogens is 362 g/mol. The Hall–Kier alpha value is -1.83. The normalized spacial score (nSPS) is 16.7. The maximum atomic E-state index is 12.3. The highest BCUT2D eigenvalue weighted by atomic mass is 35.5. The summed E-state index contributed by atoms with van der Waals surface area (Å²) in [5.41, 5.74) is 0.488. The highest BCUT2D eigenvalue weighted by Gasteiger charge is 2.18. The van der Waals surface area contributed by atoms with Crippen molar-refractivity contribution in [1.82, 2.24) is 10.6 Å². The van der Waals surface area contributed by atoms with E-state index in [-0.39, 0.29) is 30.0 Å². The van der Waals surface area contributed by atoms with Gasteiger partial charge in [-0.2, -0.15) is 0 Å². The maximum absolute atomic E-state index is 12.3. The number of rotatable bonds is 6. The second-order valence-corrected chi connectivity index (χ2v) is 6.77. The van der Waals surface area contributed by atoms with Gasteiger partial charge in [0.05, 0.1) is 11.8 Å². The Morgan fingerprint density at radius 3 is 2.92 bits per heavy atom. The van der Waals surface area contributed by atoms with E-state index in [1.807, 2.05) is 0 Å². The summed E-state index contributed by atoms with van der Waals surface area (Å²) in [7, 11) is 0. The van der Waals surface area contributed by atoms with Gasteiger partial charge >= 0.3 is 0 Å². The first-order valence-electron chi connectivity index (χ1n) is 8.15. The molecule has 3 N–H and O–H groups in total. The van der Waals surface area contributed by atoms with Crippen molar-refractivity contribution < 1.29 is 14.0 Å². The summed E-state index contributed by atoms with van der Waals surface area (Å²) in [6.07, 6.45) is 4.83. The molecule has 1 aliphatic rings. The largest absolute Gasteiger partial charge is 0.459 e. The zero-order chi connectivity index (χ0) is 16.8. The lowest BCUT2D eigenvalue weighted by molar-refractivity contribution is 0.0952. The minimum absolute atomic E-state index is 0. The molecule has 1 atom stereocenters. The number of thiophene rings is 1. The van der Waals surface area contributed by atoms with Crippen LogP contribution in [0, 0.1) is 5.92 Å². The van der Waals surface area contributed by atoms with Gasteiger partial charge in [0.15, 0.2) is 5.76 Å². The first kappa shape index (κ1) is 19.5. The summed E-state index contributed by atoms with van der Waals surface area (Å²) in [6, 6.07) is 4.96. The molecule has 6 nitrogen and oxygen atoms in total. The highest BCUT2D eigenvalue weighted by Crippen LogP contribution is 2.24. The fourth-order valence-corrected chi connectivity index (χ4v) is 3.59. The lowest BCUT2D eigenvalue weighted by atomic mass is 9.96. The third-order valence-electron chi connectivity index (χ3n) is 4.12. The fraction of sp³-hybridized carbons (Fsp3) is 0.412.